The average molecular weight is 237 g/mol. The lowest BCUT2D eigenvalue weighted by atomic mass is 10.00. The zero-order valence-electron chi connectivity index (χ0n) is 10.3. The maximum absolute atomic E-state index is 9.38. The van der Waals surface area contributed by atoms with Crippen LogP contribution in [0, 0.1) is 5.41 Å². The summed E-state index contributed by atoms with van der Waals surface area (Å²) in [6.07, 6.45) is 0.940. The summed E-state index contributed by atoms with van der Waals surface area (Å²) in [6, 6.07) is 5.88. The average Bonchev–Trinajstić information content (AvgIpc) is 3.13. The molecule has 0 unspecified atom stereocenters. The second-order valence-corrected chi connectivity index (χ2v) is 4.60. The van der Waals surface area contributed by atoms with Crippen molar-refractivity contribution in [2.45, 2.75) is 12.3 Å². The van der Waals surface area contributed by atoms with Crippen LogP contribution in [0.3, 0.4) is 0 Å². The van der Waals surface area contributed by atoms with Crippen LogP contribution in [-0.2, 0) is 0 Å². The maximum atomic E-state index is 9.38. The van der Waals surface area contributed by atoms with Crippen molar-refractivity contribution in [2.75, 3.05) is 27.4 Å². The number of nitrogens with two attached hydrogens (primary N) is 1. The number of aliphatic hydroxyl groups excluding tert-OH is 1. The molecule has 0 radical (unpaired) electrons. The summed E-state index contributed by atoms with van der Waals surface area (Å²) in [5.41, 5.74) is 6.75. The second-order valence-electron chi connectivity index (χ2n) is 4.60. The molecular weight excluding hydrogens is 218 g/mol. The number of hydrogen-bond acceptors (Lipinski definition) is 4. The molecule has 0 aliphatic heterocycles. The molecule has 0 saturated heterocycles. The van der Waals surface area contributed by atoms with Gasteiger partial charge in [-0.05, 0) is 30.0 Å². The van der Waals surface area contributed by atoms with Gasteiger partial charge in [0.1, 0.15) is 0 Å². The highest BCUT2D eigenvalue weighted by Crippen LogP contribution is 2.58. The molecule has 1 fully saturated rings. The minimum atomic E-state index is -0.125. The smallest absolute Gasteiger partial charge is 0.160 e. The standard InChI is InChI=1S/C13H19NO3/c1-16-11-4-3-9(5-12(11)17-2)10-6-13(10,7-14)8-15/h3-5,10,15H,6-8,14H2,1-2H3/t10-,13+/m1/s1. The number of aliphatic hydroxyl groups is 1. The van der Waals surface area contributed by atoms with E-state index in [1.807, 2.05) is 18.2 Å². The largest absolute Gasteiger partial charge is 0.493 e. The van der Waals surface area contributed by atoms with Crippen molar-refractivity contribution in [1.29, 1.82) is 0 Å². The molecule has 0 aromatic heterocycles. The Morgan fingerprint density at radius 1 is 1.35 bits per heavy atom. The molecule has 0 bridgehead atoms. The molecule has 94 valence electrons. The highest BCUT2D eigenvalue weighted by molar-refractivity contribution is 5.46. The molecule has 0 amide bonds. The Labute approximate surface area is 101 Å². The first-order valence-corrected chi connectivity index (χ1v) is 5.73. The number of methoxy groups -OCH3 is 2. The van der Waals surface area contributed by atoms with Crippen molar-refractivity contribution in [2.24, 2.45) is 11.1 Å². The summed E-state index contributed by atoms with van der Waals surface area (Å²) in [6.45, 7) is 0.658. The van der Waals surface area contributed by atoms with E-state index < -0.39 is 0 Å². The molecule has 1 saturated carbocycles. The normalized spacial score (nSPS) is 26.7. The molecule has 1 aromatic rings. The Morgan fingerprint density at radius 3 is 2.53 bits per heavy atom. The Kier molecular flexibility index (Phi) is 3.26. The van der Waals surface area contributed by atoms with Crippen molar-refractivity contribution in [3.8, 4) is 11.5 Å². The highest BCUT2D eigenvalue weighted by Gasteiger charge is 2.53. The quantitative estimate of drug-likeness (QED) is 0.805. The molecule has 0 heterocycles. The van der Waals surface area contributed by atoms with E-state index in [9.17, 15) is 5.11 Å². The molecule has 17 heavy (non-hydrogen) atoms. The molecule has 4 heteroatoms. The van der Waals surface area contributed by atoms with Gasteiger partial charge in [-0.25, -0.2) is 0 Å². The minimum absolute atomic E-state index is 0.125. The zero-order valence-corrected chi connectivity index (χ0v) is 10.3. The Hall–Kier alpha value is -1.26. The van der Waals surface area contributed by atoms with Crippen molar-refractivity contribution in [3.63, 3.8) is 0 Å². The maximum Gasteiger partial charge on any atom is 0.160 e. The van der Waals surface area contributed by atoms with E-state index in [0.717, 1.165) is 23.5 Å². The minimum Gasteiger partial charge on any atom is -0.493 e. The molecule has 2 atom stereocenters. The Morgan fingerprint density at radius 2 is 2.06 bits per heavy atom. The lowest BCUT2D eigenvalue weighted by molar-refractivity contribution is 0.211. The Balaban J connectivity index is 2.24. The lowest BCUT2D eigenvalue weighted by Gasteiger charge is -2.13. The molecule has 1 aromatic carbocycles. The molecule has 4 nitrogen and oxygen atoms in total. The van der Waals surface area contributed by atoms with Gasteiger partial charge in [-0.2, -0.15) is 0 Å². The highest BCUT2D eigenvalue weighted by atomic mass is 16.5. The van der Waals surface area contributed by atoms with Crippen LogP contribution in [0.15, 0.2) is 18.2 Å². The third-order valence-electron chi connectivity index (χ3n) is 3.72. The monoisotopic (exact) mass is 237 g/mol. The van der Waals surface area contributed by atoms with Crippen molar-refractivity contribution in [3.05, 3.63) is 23.8 Å². The van der Waals surface area contributed by atoms with E-state index in [-0.39, 0.29) is 12.0 Å². The van der Waals surface area contributed by atoms with Crippen LogP contribution >= 0.6 is 0 Å². The van der Waals surface area contributed by atoms with E-state index in [1.165, 1.54) is 0 Å². The lowest BCUT2D eigenvalue weighted by Crippen LogP contribution is -2.21. The van der Waals surface area contributed by atoms with E-state index in [4.69, 9.17) is 15.2 Å². The van der Waals surface area contributed by atoms with Crippen molar-refractivity contribution in [1.82, 2.24) is 0 Å². The number of ether oxygens (including phenoxy) is 2. The molecule has 1 aliphatic rings. The van der Waals surface area contributed by atoms with E-state index in [2.05, 4.69) is 0 Å². The number of benzene rings is 1. The predicted octanol–water partition coefficient (Wildman–Crippen LogP) is 1.13. The molecule has 3 N–H and O–H groups in total. The van der Waals surface area contributed by atoms with Gasteiger partial charge in [0, 0.05) is 12.0 Å². The fourth-order valence-corrected chi connectivity index (χ4v) is 2.35. The second kappa shape index (κ2) is 4.55. The molecule has 2 rings (SSSR count). The molecule has 1 aliphatic carbocycles. The van der Waals surface area contributed by atoms with Gasteiger partial charge in [0.05, 0.1) is 20.8 Å². The third kappa shape index (κ3) is 1.98. The van der Waals surface area contributed by atoms with Gasteiger partial charge in [0.25, 0.3) is 0 Å². The summed E-state index contributed by atoms with van der Waals surface area (Å²) < 4.78 is 10.5. The number of hydrogen-bond donors (Lipinski definition) is 2. The van der Waals surface area contributed by atoms with Crippen LogP contribution in [0.1, 0.15) is 17.9 Å². The van der Waals surface area contributed by atoms with Crippen LogP contribution in [0.5, 0.6) is 11.5 Å². The zero-order chi connectivity index (χ0) is 12.5. The predicted molar refractivity (Wildman–Crippen MR) is 65.5 cm³/mol. The summed E-state index contributed by atoms with van der Waals surface area (Å²) in [7, 11) is 3.24. The first kappa shape index (κ1) is 12.2. The van der Waals surface area contributed by atoms with E-state index in [0.29, 0.717) is 12.5 Å². The van der Waals surface area contributed by atoms with Gasteiger partial charge in [-0.15, -0.1) is 0 Å². The fraction of sp³-hybridized carbons (Fsp3) is 0.538. The summed E-state index contributed by atoms with van der Waals surface area (Å²) in [4.78, 5) is 0. The summed E-state index contributed by atoms with van der Waals surface area (Å²) in [5, 5.41) is 9.38. The van der Waals surface area contributed by atoms with E-state index in [1.54, 1.807) is 14.2 Å². The van der Waals surface area contributed by atoms with Crippen LogP contribution in [-0.4, -0.2) is 32.5 Å². The summed E-state index contributed by atoms with van der Waals surface area (Å²) >= 11 is 0. The van der Waals surface area contributed by atoms with Gasteiger partial charge < -0.3 is 20.3 Å². The first-order valence-electron chi connectivity index (χ1n) is 5.73. The van der Waals surface area contributed by atoms with Crippen LogP contribution < -0.4 is 15.2 Å². The van der Waals surface area contributed by atoms with Crippen molar-refractivity contribution < 1.29 is 14.6 Å². The van der Waals surface area contributed by atoms with Gasteiger partial charge in [-0.1, -0.05) is 6.07 Å². The molecule has 0 spiro atoms. The van der Waals surface area contributed by atoms with Gasteiger partial charge in [0.15, 0.2) is 11.5 Å². The molecular formula is C13H19NO3. The SMILES string of the molecule is COc1ccc([C@H]2C[C@]2(CN)CO)cc1OC. The van der Waals surface area contributed by atoms with Crippen molar-refractivity contribution >= 4 is 0 Å². The first-order chi connectivity index (χ1) is 8.20. The van der Waals surface area contributed by atoms with Crippen LogP contribution in [0.2, 0.25) is 0 Å². The summed E-state index contributed by atoms with van der Waals surface area (Å²) in [5.74, 6) is 1.78. The fourth-order valence-electron chi connectivity index (χ4n) is 2.35. The van der Waals surface area contributed by atoms with Crippen LogP contribution in [0.4, 0.5) is 0 Å². The van der Waals surface area contributed by atoms with Crippen LogP contribution in [0.25, 0.3) is 0 Å². The van der Waals surface area contributed by atoms with Gasteiger partial charge in [0.2, 0.25) is 0 Å². The van der Waals surface area contributed by atoms with Gasteiger partial charge in [-0.3, -0.25) is 0 Å². The topological polar surface area (TPSA) is 64.7 Å². The van der Waals surface area contributed by atoms with E-state index >= 15 is 0 Å². The Bertz CT molecular complexity index is 402. The number of rotatable bonds is 5. The van der Waals surface area contributed by atoms with Gasteiger partial charge >= 0.3 is 0 Å². The third-order valence-corrected chi connectivity index (χ3v) is 3.72.